The molecular weight excluding hydrogens is 1860 g/mol. The lowest BCUT2D eigenvalue weighted by Crippen LogP contribution is -2.54. The standard InChI is InChI=1S/C43H53N7O5S.C36H41N5O6S.C11H16N5O.C7H14N2.C5H11NO.BF4/c1-26-38(43(52)49-32-15-16-33(49)25-47(4)24-32)40(50(44-26)31-12-9-13-31)30-20-29-21-34(55-5)17-19-35(29)41-39(27-10-7-6-8-11-27)36-18-14-28(22-37(36)48(41)23-30)42(51)45-56(53,54)46(2)3;1-21-31(36(43)44)33(41(37-21)26-11-8-12-26)25-17-24-18-27(47-4)14-16-28(24)34-32(22-9-6-5-7-10-22)29-15-13-23(19-30(29)40(34)20-25)35(42)38-48(45,46)39(2)3;1-14(2)11(15(3)4)17-16-10-8-6-5-7-9(10)12-13-16;1-9-4-6-2-3-7(5-9)8-6;1-6-2-4-7-5-3-6;2-1(3,4)5/h14,17-22,27,31-33H,6-13,15-16,23-25H2,1-5H3,(H,45,51);13-19,22,26H,5-12,20H2,1-4H3,(H,38,42)(H,43,44);5-8H,1-4H3;6-8H,2-5H2,1H3;2-5H2,1H3;/q;;+1;;;-1. The van der Waals surface area contributed by atoms with E-state index >= 15 is 4.79 Å². The van der Waals surface area contributed by atoms with Crippen molar-refractivity contribution in [2.24, 2.45) is 0 Å². The molecule has 142 heavy (non-hydrogen) atoms. The molecule has 4 unspecified atom stereocenters. The third kappa shape index (κ3) is 22.6. The summed E-state index contributed by atoms with van der Waals surface area (Å²) in [5.41, 5.74) is 17.7. The van der Waals surface area contributed by atoms with Crippen molar-refractivity contribution in [1.29, 1.82) is 0 Å². The summed E-state index contributed by atoms with van der Waals surface area (Å²) in [6, 6.07) is 33.9. The molecule has 12 heterocycles. The van der Waals surface area contributed by atoms with Gasteiger partial charge < -0.3 is 70.6 Å². The number of aromatic nitrogens is 9. The van der Waals surface area contributed by atoms with Crippen LogP contribution >= 0.6 is 0 Å². The number of piperazine rings is 2. The minimum Gasteiger partial charge on any atom is -0.497 e. The Hall–Kier alpha value is -11.4. The number of halogens is 4. The number of likely N-dealkylation sites (tertiary alicyclic amines) is 2. The van der Waals surface area contributed by atoms with Crippen LogP contribution in [0.2, 0.25) is 0 Å². The number of carbonyl (C=O) groups excluding carboxylic acids is 3. The number of para-hydroxylation sites is 1. The largest absolute Gasteiger partial charge is 0.673 e. The molecule has 4 aliphatic carbocycles. The molecule has 764 valence electrons. The monoisotopic (exact) mass is 2000 g/mol. The second-order valence-corrected chi connectivity index (χ2v) is 44.0. The van der Waals surface area contributed by atoms with Gasteiger partial charge in [-0.2, -0.15) is 35.6 Å². The van der Waals surface area contributed by atoms with Crippen molar-refractivity contribution in [3.8, 4) is 34.0 Å². The van der Waals surface area contributed by atoms with Crippen LogP contribution in [-0.4, -0.2) is 309 Å². The van der Waals surface area contributed by atoms with Crippen LogP contribution in [0.15, 0.2) is 97.1 Å². The van der Waals surface area contributed by atoms with Crippen LogP contribution in [0.5, 0.6) is 11.5 Å². The minimum absolute atomic E-state index is 0.0706. The first-order valence-corrected chi connectivity index (χ1v) is 52.4. The molecular formula is C102H135BF4N20O13S2. The number of carboxylic acid groups (broad SMARTS) is 1. The topological polar surface area (TPSA) is 332 Å². The van der Waals surface area contributed by atoms with Gasteiger partial charge in [0, 0.05) is 136 Å². The normalized spacial score (nSPS) is 20.0. The van der Waals surface area contributed by atoms with E-state index < -0.39 is 45.5 Å². The summed E-state index contributed by atoms with van der Waals surface area (Å²) in [5.74, 6) is -0.304. The third-order valence-electron chi connectivity index (χ3n) is 29.3. The highest BCUT2D eigenvalue weighted by atomic mass is 32.2. The Labute approximate surface area is 828 Å². The predicted octanol–water partition coefficient (Wildman–Crippen LogP) is 14.3. The van der Waals surface area contributed by atoms with E-state index in [-0.39, 0.29) is 46.8 Å². The maximum absolute atomic E-state index is 15.1. The van der Waals surface area contributed by atoms with Crippen molar-refractivity contribution < 1.29 is 82.0 Å². The molecule has 5 aromatic carbocycles. The fraction of sp³-hybridized carbons (Fsp3) is 0.520. The number of hydrogen-bond acceptors (Lipinski definition) is 20. The van der Waals surface area contributed by atoms with E-state index in [1.165, 1.54) is 82.9 Å². The zero-order valence-corrected chi connectivity index (χ0v) is 85.7. The molecule has 4 bridgehead atoms. The highest BCUT2D eigenvalue weighted by molar-refractivity contribution is 7.88. The van der Waals surface area contributed by atoms with Gasteiger partial charge in [0.15, 0.2) is 0 Å². The summed E-state index contributed by atoms with van der Waals surface area (Å²) < 4.78 is 123. The average molecular weight is 2000 g/mol. The molecule has 5 aromatic heterocycles. The van der Waals surface area contributed by atoms with Crippen LogP contribution in [0.25, 0.3) is 78.7 Å². The lowest BCUT2D eigenvalue weighted by molar-refractivity contribution is -0.480. The van der Waals surface area contributed by atoms with Crippen LogP contribution in [-0.2, 0) is 38.2 Å². The summed E-state index contributed by atoms with van der Waals surface area (Å²) in [5, 5.41) is 34.1. The zero-order valence-electron chi connectivity index (χ0n) is 84.1. The van der Waals surface area contributed by atoms with Gasteiger partial charge in [0.05, 0.1) is 121 Å². The smallest absolute Gasteiger partial charge is 0.497 e. The zero-order chi connectivity index (χ0) is 101. The van der Waals surface area contributed by atoms with E-state index in [2.05, 4.69) is 110 Å². The Morgan fingerprint density at radius 1 is 0.528 bits per heavy atom. The van der Waals surface area contributed by atoms with Gasteiger partial charge in [0.25, 0.3) is 17.7 Å². The molecule has 21 rings (SSSR count). The summed E-state index contributed by atoms with van der Waals surface area (Å²) in [7, 11) is 8.95. The Bertz CT molecular complexity index is 6660. The van der Waals surface area contributed by atoms with E-state index in [0.29, 0.717) is 53.6 Å². The highest BCUT2D eigenvalue weighted by Crippen LogP contribution is 2.52. The molecule has 0 spiro atoms. The summed E-state index contributed by atoms with van der Waals surface area (Å²) in [6.45, 7) is 12.8. The van der Waals surface area contributed by atoms with Gasteiger partial charge in [0.1, 0.15) is 28.1 Å². The number of rotatable bonds is 17. The fourth-order valence-corrected chi connectivity index (χ4v) is 23.1. The number of carboxylic acids is 1. The molecule has 4 N–H and O–H groups in total. The summed E-state index contributed by atoms with van der Waals surface area (Å²) in [4.78, 5) is 73.1. The number of amidine groups is 1. The van der Waals surface area contributed by atoms with Crippen molar-refractivity contribution in [2.45, 2.75) is 203 Å². The number of carbonyl (C=O) groups is 4. The Morgan fingerprint density at radius 3 is 1.38 bits per heavy atom. The Morgan fingerprint density at radius 2 is 0.972 bits per heavy atom. The second kappa shape index (κ2) is 43.7. The molecule has 3 amide bonds. The molecule has 4 saturated carbocycles. The number of nitrogens with one attached hydrogen (secondary N) is 3. The molecule has 11 aliphatic rings. The van der Waals surface area contributed by atoms with Crippen molar-refractivity contribution in [1.82, 2.24) is 91.7 Å². The van der Waals surface area contributed by atoms with Gasteiger partial charge >= 0.3 is 39.7 Å². The first kappa shape index (κ1) is 104. The first-order chi connectivity index (χ1) is 67.7. The molecule has 9 fully saturated rings. The maximum Gasteiger partial charge on any atom is 0.673 e. The molecule has 0 radical (unpaired) electrons. The SMILES string of the molecule is CN(C)C(On1nnc2ccccc21)=[N+](C)C.CN1CC2CCC(C1)N2.CN1CCOCC1.COc1ccc2c(c1)C=C(c1c(C(=O)N3C4CCC3CN(C)C4)c(C)nn1C1CCC1)Cn1c-2c(C2CCCCC2)c2ccc(C(=O)NS(=O)(=O)N(C)C)cc21.COc1ccc2c(c1)C=C(c1c(C(=O)O)c(C)nn1C1CCC1)Cn1c-2c(C2CCCCC2)c2ccc(C(=O)NS(=O)(=O)N(C)C)cc21.F[B-](F)(F)F. The van der Waals surface area contributed by atoms with Gasteiger partial charge in [-0.15, -0.1) is 5.10 Å². The van der Waals surface area contributed by atoms with Crippen molar-refractivity contribution in [2.75, 3.05) is 144 Å². The molecule has 7 aliphatic heterocycles. The molecule has 4 atom stereocenters. The number of benzene rings is 5. The van der Waals surface area contributed by atoms with Crippen molar-refractivity contribution >= 4 is 114 Å². The maximum atomic E-state index is 15.1. The number of aromatic carboxylic acids is 1. The van der Waals surface area contributed by atoms with Crippen LogP contribution in [0.1, 0.15) is 239 Å². The van der Waals surface area contributed by atoms with Crippen LogP contribution in [0, 0.1) is 13.8 Å². The van der Waals surface area contributed by atoms with Gasteiger partial charge in [-0.05, 0) is 260 Å². The van der Waals surface area contributed by atoms with Crippen LogP contribution in [0.3, 0.4) is 0 Å². The second-order valence-electron chi connectivity index (χ2n) is 40.2. The number of methoxy groups -OCH3 is 2. The van der Waals surface area contributed by atoms with Gasteiger partial charge in [-0.1, -0.05) is 67.6 Å². The van der Waals surface area contributed by atoms with Gasteiger partial charge in [0.2, 0.25) is 0 Å². The van der Waals surface area contributed by atoms with E-state index in [0.717, 1.165) is 258 Å². The summed E-state index contributed by atoms with van der Waals surface area (Å²) >= 11 is 0. The third-order valence-corrected chi connectivity index (χ3v) is 32.2. The number of ether oxygens (including phenoxy) is 3. The van der Waals surface area contributed by atoms with E-state index in [1.807, 2.05) is 110 Å². The molecule has 33 nitrogen and oxygen atoms in total. The number of hydrogen-bond donors (Lipinski definition) is 4. The van der Waals surface area contributed by atoms with Gasteiger partial charge in [-0.3, -0.25) is 28.6 Å². The quantitative estimate of drug-likeness (QED) is 0.0216. The minimum atomic E-state index is -6.00. The average Bonchev–Trinajstić information content (AvgIpc) is 1.57. The lowest BCUT2D eigenvalue weighted by atomic mass is 9.81. The summed E-state index contributed by atoms with van der Waals surface area (Å²) in [6.07, 6.45) is 26.4. The fourth-order valence-electron chi connectivity index (χ4n) is 22.0. The Kier molecular flexibility index (Phi) is 31.8. The van der Waals surface area contributed by atoms with Crippen molar-refractivity contribution in [3.63, 3.8) is 0 Å². The van der Waals surface area contributed by atoms with E-state index in [4.69, 9.17) is 29.2 Å². The van der Waals surface area contributed by atoms with E-state index in [9.17, 15) is 53.6 Å². The molecule has 5 saturated heterocycles. The number of likely N-dealkylation sites (N-methyl/N-ethyl adjacent to an activating group) is 3. The number of amides is 3. The van der Waals surface area contributed by atoms with Crippen LogP contribution < -0.4 is 29.1 Å². The highest BCUT2D eigenvalue weighted by Gasteiger charge is 2.46. The van der Waals surface area contributed by atoms with Crippen LogP contribution in [0.4, 0.5) is 17.3 Å². The number of aryl methyl sites for hydroxylation is 2. The Balaban J connectivity index is 0.000000150. The number of allylic oxidation sites excluding steroid dienone is 2. The number of morpholine rings is 1. The van der Waals surface area contributed by atoms with E-state index in [1.54, 1.807) is 39.3 Å². The lowest BCUT2D eigenvalue weighted by Gasteiger charge is -2.39. The number of fused-ring (bicyclic) bond motifs is 15. The predicted molar refractivity (Wildman–Crippen MR) is 543 cm³/mol. The van der Waals surface area contributed by atoms with Crippen molar-refractivity contribution in [3.05, 3.63) is 164 Å². The number of nitrogens with zero attached hydrogens (tertiary/aromatic N) is 17. The first-order valence-electron chi connectivity index (χ1n) is 49.6. The van der Waals surface area contributed by atoms with Gasteiger partial charge in [-0.25, -0.2) is 23.7 Å². The molecule has 10 aromatic rings. The molecule has 40 heteroatoms.